The quantitative estimate of drug-likeness (QED) is 0.736. The van der Waals surface area contributed by atoms with E-state index in [9.17, 15) is 0 Å². The van der Waals surface area contributed by atoms with Crippen LogP contribution in [-0.4, -0.2) is 0 Å². The van der Waals surface area contributed by atoms with Crippen molar-refractivity contribution in [2.45, 2.75) is 59.4 Å². The summed E-state index contributed by atoms with van der Waals surface area (Å²) >= 11 is 0. The second-order valence-electron chi connectivity index (χ2n) is 6.23. The number of furan rings is 1. The first-order valence-electron chi connectivity index (χ1n) is 7.96. The number of aryl methyl sites for hydroxylation is 1. The normalized spacial score (nSPS) is 11.4. The van der Waals surface area contributed by atoms with Crippen molar-refractivity contribution < 1.29 is 4.42 Å². The van der Waals surface area contributed by atoms with Gasteiger partial charge in [0.05, 0.1) is 6.54 Å². The lowest BCUT2D eigenvalue weighted by molar-refractivity contribution is 0.476. The average molecular weight is 285 g/mol. The summed E-state index contributed by atoms with van der Waals surface area (Å²) in [6, 6.07) is 10.9. The second kappa shape index (κ2) is 6.84. The maximum Gasteiger partial charge on any atom is 0.123 e. The Morgan fingerprint density at radius 3 is 2.24 bits per heavy atom. The van der Waals surface area contributed by atoms with Crippen molar-refractivity contribution in [3.8, 4) is 0 Å². The molecular weight excluding hydrogens is 258 g/mol. The van der Waals surface area contributed by atoms with E-state index in [0.717, 1.165) is 24.5 Å². The van der Waals surface area contributed by atoms with Gasteiger partial charge in [-0.05, 0) is 41.2 Å². The third-order valence-electron chi connectivity index (χ3n) is 3.88. The van der Waals surface area contributed by atoms with Crippen LogP contribution in [0.25, 0.3) is 0 Å². The zero-order valence-corrected chi connectivity index (χ0v) is 13.9. The van der Waals surface area contributed by atoms with Crippen LogP contribution in [0, 0.1) is 0 Å². The predicted molar refractivity (Wildman–Crippen MR) is 90.0 cm³/mol. The highest BCUT2D eigenvalue weighted by Crippen LogP contribution is 2.28. The predicted octanol–water partition coefficient (Wildman–Crippen LogP) is 5.70. The molecule has 0 unspecified atom stereocenters. The minimum atomic E-state index is 0.508. The Labute approximate surface area is 128 Å². The van der Waals surface area contributed by atoms with E-state index < -0.39 is 0 Å². The first kappa shape index (κ1) is 15.7. The molecule has 1 aromatic heterocycles. The SMILES string of the molecule is CCc1ccc(CNc2ccc(C(C)C)cc2C(C)C)o1. The smallest absolute Gasteiger partial charge is 0.123 e. The van der Waals surface area contributed by atoms with E-state index in [2.05, 4.69) is 70.3 Å². The van der Waals surface area contributed by atoms with E-state index in [1.54, 1.807) is 0 Å². The van der Waals surface area contributed by atoms with Crippen LogP contribution in [0.4, 0.5) is 5.69 Å². The maximum atomic E-state index is 5.75. The number of hydrogen-bond acceptors (Lipinski definition) is 2. The second-order valence-corrected chi connectivity index (χ2v) is 6.23. The van der Waals surface area contributed by atoms with Gasteiger partial charge in [0.1, 0.15) is 11.5 Å². The summed E-state index contributed by atoms with van der Waals surface area (Å²) < 4.78 is 5.75. The Kier molecular flexibility index (Phi) is 5.11. The Balaban J connectivity index is 2.15. The van der Waals surface area contributed by atoms with Crippen LogP contribution in [0.15, 0.2) is 34.7 Å². The molecule has 2 aromatic rings. The first-order valence-corrected chi connectivity index (χ1v) is 7.96. The van der Waals surface area contributed by atoms with Crippen molar-refractivity contribution in [2.24, 2.45) is 0 Å². The first-order chi connectivity index (χ1) is 10.0. The van der Waals surface area contributed by atoms with Gasteiger partial charge in [-0.15, -0.1) is 0 Å². The molecule has 2 heteroatoms. The highest BCUT2D eigenvalue weighted by atomic mass is 16.3. The standard InChI is InChI=1S/C19H27NO/c1-6-16-8-9-17(21-16)12-20-19-10-7-15(13(2)3)11-18(19)14(4)5/h7-11,13-14,20H,6,12H2,1-5H3. The van der Waals surface area contributed by atoms with Crippen molar-refractivity contribution >= 4 is 5.69 Å². The monoisotopic (exact) mass is 285 g/mol. The topological polar surface area (TPSA) is 25.2 Å². The Bertz CT molecular complexity index is 581. The molecule has 0 spiro atoms. The highest BCUT2D eigenvalue weighted by Gasteiger charge is 2.10. The molecule has 0 aliphatic carbocycles. The van der Waals surface area contributed by atoms with Crippen molar-refractivity contribution in [1.29, 1.82) is 0 Å². The lowest BCUT2D eigenvalue weighted by Gasteiger charge is -2.17. The fraction of sp³-hybridized carbons (Fsp3) is 0.474. The summed E-state index contributed by atoms with van der Waals surface area (Å²) in [4.78, 5) is 0. The zero-order valence-electron chi connectivity index (χ0n) is 13.9. The number of hydrogen-bond donors (Lipinski definition) is 1. The van der Waals surface area contributed by atoms with Crippen LogP contribution >= 0.6 is 0 Å². The molecule has 21 heavy (non-hydrogen) atoms. The van der Waals surface area contributed by atoms with E-state index in [1.807, 2.05) is 0 Å². The molecule has 0 atom stereocenters. The molecule has 0 radical (unpaired) electrons. The molecule has 1 heterocycles. The molecular formula is C19H27NO. The lowest BCUT2D eigenvalue weighted by Crippen LogP contribution is -2.04. The molecule has 0 fully saturated rings. The van der Waals surface area contributed by atoms with Gasteiger partial charge in [-0.2, -0.15) is 0 Å². The van der Waals surface area contributed by atoms with Gasteiger partial charge in [0, 0.05) is 12.1 Å². The van der Waals surface area contributed by atoms with Gasteiger partial charge >= 0.3 is 0 Å². The van der Waals surface area contributed by atoms with E-state index >= 15 is 0 Å². The zero-order chi connectivity index (χ0) is 15.4. The minimum Gasteiger partial charge on any atom is -0.464 e. The number of rotatable bonds is 6. The Morgan fingerprint density at radius 1 is 0.952 bits per heavy atom. The number of anilines is 1. The Hall–Kier alpha value is -1.70. The molecule has 2 rings (SSSR count). The van der Waals surface area contributed by atoms with Crippen LogP contribution in [0.3, 0.4) is 0 Å². The highest BCUT2D eigenvalue weighted by molar-refractivity contribution is 5.54. The maximum absolute atomic E-state index is 5.75. The molecule has 0 amide bonds. The molecule has 0 saturated heterocycles. The van der Waals surface area contributed by atoms with E-state index in [1.165, 1.54) is 16.8 Å². The van der Waals surface area contributed by atoms with Crippen LogP contribution in [-0.2, 0) is 13.0 Å². The van der Waals surface area contributed by atoms with Crippen LogP contribution < -0.4 is 5.32 Å². The van der Waals surface area contributed by atoms with Crippen molar-refractivity contribution in [2.75, 3.05) is 5.32 Å². The summed E-state index contributed by atoms with van der Waals surface area (Å²) in [6.45, 7) is 11.8. The fourth-order valence-electron chi connectivity index (χ4n) is 2.47. The largest absolute Gasteiger partial charge is 0.464 e. The van der Waals surface area contributed by atoms with Crippen LogP contribution in [0.5, 0.6) is 0 Å². The summed E-state index contributed by atoms with van der Waals surface area (Å²) in [5, 5.41) is 3.52. The molecule has 1 aromatic carbocycles. The van der Waals surface area contributed by atoms with Crippen molar-refractivity contribution in [3.05, 3.63) is 53.0 Å². The van der Waals surface area contributed by atoms with E-state index in [0.29, 0.717) is 11.8 Å². The van der Waals surface area contributed by atoms with Gasteiger partial charge in [0.15, 0.2) is 0 Å². The third-order valence-corrected chi connectivity index (χ3v) is 3.88. The summed E-state index contributed by atoms with van der Waals surface area (Å²) in [7, 11) is 0. The lowest BCUT2D eigenvalue weighted by atomic mass is 9.94. The molecule has 0 saturated carbocycles. The van der Waals surface area contributed by atoms with Gasteiger partial charge < -0.3 is 9.73 Å². The number of benzene rings is 1. The van der Waals surface area contributed by atoms with Gasteiger partial charge in [0.2, 0.25) is 0 Å². The van der Waals surface area contributed by atoms with Gasteiger partial charge in [-0.25, -0.2) is 0 Å². The van der Waals surface area contributed by atoms with E-state index in [-0.39, 0.29) is 0 Å². The molecule has 0 bridgehead atoms. The average Bonchev–Trinajstić information content (AvgIpc) is 2.92. The van der Waals surface area contributed by atoms with Crippen LogP contribution in [0.1, 0.15) is 69.1 Å². The summed E-state index contributed by atoms with van der Waals surface area (Å²) in [5.41, 5.74) is 3.99. The van der Waals surface area contributed by atoms with Gasteiger partial charge in [-0.3, -0.25) is 0 Å². The molecule has 114 valence electrons. The van der Waals surface area contributed by atoms with Gasteiger partial charge in [0.25, 0.3) is 0 Å². The van der Waals surface area contributed by atoms with Crippen molar-refractivity contribution in [3.63, 3.8) is 0 Å². The number of nitrogens with one attached hydrogen (secondary N) is 1. The van der Waals surface area contributed by atoms with Gasteiger partial charge in [-0.1, -0.05) is 46.8 Å². The molecule has 0 aliphatic rings. The summed E-state index contributed by atoms with van der Waals surface area (Å²) in [5.74, 6) is 3.11. The van der Waals surface area contributed by atoms with Crippen LogP contribution in [0.2, 0.25) is 0 Å². The molecule has 0 aliphatic heterocycles. The molecule has 2 nitrogen and oxygen atoms in total. The third kappa shape index (κ3) is 3.90. The minimum absolute atomic E-state index is 0.508. The van der Waals surface area contributed by atoms with E-state index in [4.69, 9.17) is 4.42 Å². The summed E-state index contributed by atoms with van der Waals surface area (Å²) in [6.07, 6.45) is 0.945. The fourth-order valence-corrected chi connectivity index (χ4v) is 2.47. The molecule has 1 N–H and O–H groups in total. The van der Waals surface area contributed by atoms with Crippen molar-refractivity contribution in [1.82, 2.24) is 0 Å². The Morgan fingerprint density at radius 2 is 1.67 bits per heavy atom.